The van der Waals surface area contributed by atoms with Crippen LogP contribution in [0.2, 0.25) is 0 Å². The maximum absolute atomic E-state index is 4.07. The average molecular weight is 301 g/mol. The van der Waals surface area contributed by atoms with Crippen molar-refractivity contribution < 1.29 is 0 Å². The molecule has 2 aromatic rings. The van der Waals surface area contributed by atoms with Gasteiger partial charge in [0.05, 0.1) is 5.69 Å². The van der Waals surface area contributed by atoms with Gasteiger partial charge < -0.3 is 0 Å². The Morgan fingerprint density at radius 3 is 2.20 bits per heavy atom. The Labute approximate surface area is 106 Å². The molecule has 0 unspecified atom stereocenters. The molecule has 2 nitrogen and oxygen atoms in total. The number of azo groups is 1. The number of nitrogens with zero attached hydrogens (tertiary/aromatic N) is 2. The van der Waals surface area contributed by atoms with Crippen LogP contribution >= 0.6 is 0 Å². The van der Waals surface area contributed by atoms with E-state index in [-0.39, 0.29) is 23.9 Å². The standard InChI is InChI=1S/C12H9N2.Sn.H/c1-3-7-11(8-4-1)13-14-12-9-5-2-6-10-12;;/h1-9H;;/q-1;;. The van der Waals surface area contributed by atoms with Crippen LogP contribution in [0.15, 0.2) is 64.8 Å². The third-order valence-electron chi connectivity index (χ3n) is 1.72. The fourth-order valence-corrected chi connectivity index (χ4v) is 1.05. The molecular weight excluding hydrogens is 291 g/mol. The molecule has 2 aromatic carbocycles. The Morgan fingerprint density at radius 1 is 0.800 bits per heavy atom. The van der Waals surface area contributed by atoms with Gasteiger partial charge in [0.1, 0.15) is 0 Å². The topological polar surface area (TPSA) is 24.7 Å². The summed E-state index contributed by atoms with van der Waals surface area (Å²) in [6.07, 6.45) is 0. The fraction of sp³-hybridized carbons (Fsp3) is 0. The molecule has 73 valence electrons. The third-order valence-corrected chi connectivity index (χ3v) is 1.72. The summed E-state index contributed by atoms with van der Waals surface area (Å²) < 4.78 is 0. The number of hydrogen-bond acceptors (Lipinski definition) is 2. The van der Waals surface area contributed by atoms with E-state index in [0.29, 0.717) is 0 Å². The molecular formula is C12H10N2Sn-. The number of hydrogen-bond donors (Lipinski definition) is 0. The molecule has 15 heavy (non-hydrogen) atoms. The van der Waals surface area contributed by atoms with Crippen LogP contribution in [0.3, 0.4) is 0 Å². The molecule has 0 aliphatic rings. The first-order valence-electron chi connectivity index (χ1n) is 4.39. The molecule has 2 rings (SSSR count). The van der Waals surface area contributed by atoms with E-state index in [1.807, 2.05) is 54.6 Å². The number of rotatable bonds is 2. The Balaban J connectivity index is 0.00000112. The molecule has 0 heterocycles. The quantitative estimate of drug-likeness (QED) is 0.462. The molecule has 0 spiro atoms. The Kier molecular flexibility index (Phi) is 5.04. The van der Waals surface area contributed by atoms with E-state index < -0.39 is 0 Å². The van der Waals surface area contributed by atoms with Crippen molar-refractivity contribution in [1.29, 1.82) is 0 Å². The molecule has 0 saturated heterocycles. The first-order chi connectivity index (χ1) is 6.95. The van der Waals surface area contributed by atoms with Crippen molar-refractivity contribution in [1.82, 2.24) is 0 Å². The normalized spacial score (nSPS) is 9.87. The molecule has 0 fully saturated rings. The van der Waals surface area contributed by atoms with E-state index in [2.05, 4.69) is 16.3 Å². The summed E-state index contributed by atoms with van der Waals surface area (Å²) in [6, 6.07) is 20.1. The second kappa shape index (κ2) is 6.35. The predicted molar refractivity (Wildman–Crippen MR) is 63.0 cm³/mol. The third kappa shape index (κ3) is 3.83. The van der Waals surface area contributed by atoms with Gasteiger partial charge >= 0.3 is 23.9 Å². The first-order valence-corrected chi connectivity index (χ1v) is 4.39. The zero-order chi connectivity index (χ0) is 9.64. The summed E-state index contributed by atoms with van der Waals surface area (Å²) in [5, 5.41) is 8.12. The van der Waals surface area contributed by atoms with Crippen molar-refractivity contribution in [2.24, 2.45) is 10.2 Å². The van der Waals surface area contributed by atoms with Crippen LogP contribution in [0.1, 0.15) is 0 Å². The molecule has 3 heteroatoms. The van der Waals surface area contributed by atoms with E-state index in [1.54, 1.807) is 0 Å². The van der Waals surface area contributed by atoms with Gasteiger partial charge in [0.2, 0.25) is 0 Å². The van der Waals surface area contributed by atoms with E-state index in [1.165, 1.54) is 0 Å². The van der Waals surface area contributed by atoms with Crippen molar-refractivity contribution in [3.63, 3.8) is 0 Å². The molecule has 0 saturated carbocycles. The zero-order valence-electron chi connectivity index (χ0n) is 8.17. The van der Waals surface area contributed by atoms with Gasteiger partial charge in [-0.3, -0.25) is 0 Å². The number of benzene rings is 2. The fourth-order valence-electron chi connectivity index (χ4n) is 1.05. The summed E-state index contributed by atoms with van der Waals surface area (Å²) in [6.45, 7) is 0. The van der Waals surface area contributed by atoms with Crippen molar-refractivity contribution in [2.75, 3.05) is 0 Å². The van der Waals surface area contributed by atoms with E-state index in [9.17, 15) is 0 Å². The largest absolute Gasteiger partial charge is 0.178 e. The minimum atomic E-state index is 0. The maximum Gasteiger partial charge on any atom is 0.0856 e. The molecule has 3 radical (unpaired) electrons. The molecule has 0 aromatic heterocycles. The van der Waals surface area contributed by atoms with Gasteiger partial charge in [-0.05, 0) is 17.8 Å². The molecule has 0 amide bonds. The zero-order valence-corrected chi connectivity index (χ0v) is 11.5. The molecule has 0 aliphatic heterocycles. The van der Waals surface area contributed by atoms with Gasteiger partial charge in [-0.2, -0.15) is 34.5 Å². The SMILES string of the molecule is [SnH].[c-]1ccccc1N=Nc1ccccc1. The predicted octanol–water partition coefficient (Wildman–Crippen LogP) is 3.25. The van der Waals surface area contributed by atoms with E-state index in [4.69, 9.17) is 0 Å². The van der Waals surface area contributed by atoms with Gasteiger partial charge in [-0.15, -0.1) is 6.07 Å². The van der Waals surface area contributed by atoms with Crippen molar-refractivity contribution >= 4 is 35.3 Å². The minimum Gasteiger partial charge on any atom is -0.178 e. The van der Waals surface area contributed by atoms with Gasteiger partial charge in [0.15, 0.2) is 0 Å². The second-order valence-electron chi connectivity index (χ2n) is 2.78. The Morgan fingerprint density at radius 2 is 1.53 bits per heavy atom. The average Bonchev–Trinajstić information content (AvgIpc) is 2.29. The van der Waals surface area contributed by atoms with Crippen LogP contribution in [0.5, 0.6) is 0 Å². The van der Waals surface area contributed by atoms with Gasteiger partial charge in [0, 0.05) is 0 Å². The molecule has 0 atom stereocenters. The van der Waals surface area contributed by atoms with Crippen LogP contribution in [0.25, 0.3) is 0 Å². The van der Waals surface area contributed by atoms with Crippen molar-refractivity contribution in [2.45, 2.75) is 0 Å². The van der Waals surface area contributed by atoms with Gasteiger partial charge in [-0.25, -0.2) is 0 Å². The summed E-state index contributed by atoms with van der Waals surface area (Å²) in [4.78, 5) is 0. The maximum atomic E-state index is 4.07. The second-order valence-corrected chi connectivity index (χ2v) is 2.78. The summed E-state index contributed by atoms with van der Waals surface area (Å²) >= 11 is 0. The van der Waals surface area contributed by atoms with Crippen LogP contribution in [-0.2, 0) is 0 Å². The van der Waals surface area contributed by atoms with E-state index in [0.717, 1.165) is 11.4 Å². The molecule has 0 bridgehead atoms. The smallest absolute Gasteiger partial charge is 0.0856 e. The van der Waals surface area contributed by atoms with Crippen LogP contribution in [0.4, 0.5) is 11.4 Å². The van der Waals surface area contributed by atoms with Crippen LogP contribution < -0.4 is 0 Å². The Hall–Kier alpha value is -1.16. The van der Waals surface area contributed by atoms with Crippen LogP contribution in [-0.4, -0.2) is 23.9 Å². The van der Waals surface area contributed by atoms with E-state index >= 15 is 0 Å². The monoisotopic (exact) mass is 302 g/mol. The summed E-state index contributed by atoms with van der Waals surface area (Å²) in [5.41, 5.74) is 1.60. The minimum absolute atomic E-state index is 0. The molecule has 0 N–H and O–H groups in total. The van der Waals surface area contributed by atoms with Crippen molar-refractivity contribution in [3.05, 3.63) is 60.7 Å². The molecule has 0 aliphatic carbocycles. The first kappa shape index (κ1) is 11.9. The Bertz CT molecular complexity index is 371. The van der Waals surface area contributed by atoms with Crippen molar-refractivity contribution in [3.8, 4) is 0 Å². The summed E-state index contributed by atoms with van der Waals surface area (Å²) in [5.74, 6) is 0. The van der Waals surface area contributed by atoms with Crippen LogP contribution in [0, 0.1) is 6.07 Å². The van der Waals surface area contributed by atoms with Gasteiger partial charge in [-0.1, -0.05) is 18.2 Å². The van der Waals surface area contributed by atoms with Gasteiger partial charge in [0.25, 0.3) is 0 Å². The summed E-state index contributed by atoms with van der Waals surface area (Å²) in [7, 11) is 0.